The van der Waals surface area contributed by atoms with Crippen LogP contribution in [-0.2, 0) is 18.7 Å². The molecule has 1 aromatic heterocycles. The summed E-state index contributed by atoms with van der Waals surface area (Å²) >= 11 is 3.31. The molecular weight excluding hydrogens is 341 g/mol. The van der Waals surface area contributed by atoms with Gasteiger partial charge in [0.25, 0.3) is 5.91 Å². The summed E-state index contributed by atoms with van der Waals surface area (Å²) in [6.07, 6.45) is 0. The second-order valence-corrected chi connectivity index (χ2v) is 6.16. The summed E-state index contributed by atoms with van der Waals surface area (Å²) in [6.45, 7) is 1.80. The number of amides is 1. The molecule has 0 bridgehead atoms. The zero-order valence-corrected chi connectivity index (χ0v) is 12.8. The highest BCUT2D eigenvalue weighted by atomic mass is 79.9. The van der Waals surface area contributed by atoms with Crippen LogP contribution in [0.25, 0.3) is 0 Å². The Balaban J connectivity index is 2.07. The van der Waals surface area contributed by atoms with E-state index in [1.807, 2.05) is 0 Å². The van der Waals surface area contributed by atoms with Gasteiger partial charge in [-0.05, 0) is 31.2 Å². The third kappa shape index (κ3) is 2.36. The van der Waals surface area contributed by atoms with Gasteiger partial charge in [0.1, 0.15) is 11.5 Å². The molecule has 0 spiro atoms. The van der Waals surface area contributed by atoms with Crippen molar-refractivity contribution in [3.05, 3.63) is 51.5 Å². The number of rotatable bonds is 2. The Bertz CT molecular complexity index is 731. The van der Waals surface area contributed by atoms with Gasteiger partial charge < -0.3 is 10.4 Å². The number of aliphatic hydroxyl groups excluding tert-OH is 1. The fourth-order valence-electron chi connectivity index (χ4n) is 2.58. The third-order valence-corrected chi connectivity index (χ3v) is 4.10. The van der Waals surface area contributed by atoms with E-state index in [4.69, 9.17) is 5.11 Å². The minimum atomic E-state index is -0.906. The second-order valence-electron chi connectivity index (χ2n) is 5.25. The molecule has 1 unspecified atom stereocenters. The van der Waals surface area contributed by atoms with Crippen LogP contribution in [-0.4, -0.2) is 20.8 Å². The van der Waals surface area contributed by atoms with Crippen molar-refractivity contribution in [1.82, 2.24) is 15.1 Å². The number of aromatic nitrogens is 2. The van der Waals surface area contributed by atoms with Crippen LogP contribution in [0.4, 0.5) is 4.39 Å². The fourth-order valence-corrected chi connectivity index (χ4v) is 2.94. The highest BCUT2D eigenvalue weighted by Crippen LogP contribution is 2.31. The summed E-state index contributed by atoms with van der Waals surface area (Å²) in [6, 6.07) is 6.15. The van der Waals surface area contributed by atoms with E-state index >= 15 is 0 Å². The zero-order valence-electron chi connectivity index (χ0n) is 11.2. The van der Waals surface area contributed by atoms with Crippen molar-refractivity contribution in [2.24, 2.45) is 0 Å². The van der Waals surface area contributed by atoms with Crippen molar-refractivity contribution >= 4 is 21.8 Å². The Hall–Kier alpha value is -1.73. The molecule has 3 rings (SSSR count). The van der Waals surface area contributed by atoms with Crippen LogP contribution in [0.1, 0.15) is 28.7 Å². The first-order valence-corrected chi connectivity index (χ1v) is 7.18. The Morgan fingerprint density at radius 2 is 2.29 bits per heavy atom. The smallest absolute Gasteiger partial charge is 0.270 e. The second kappa shape index (κ2) is 4.92. The summed E-state index contributed by atoms with van der Waals surface area (Å²) in [7, 11) is 0. The van der Waals surface area contributed by atoms with E-state index in [0.29, 0.717) is 23.5 Å². The predicted molar refractivity (Wildman–Crippen MR) is 77.1 cm³/mol. The van der Waals surface area contributed by atoms with E-state index in [1.54, 1.807) is 19.1 Å². The normalized spacial score (nSPS) is 21.0. The molecule has 21 heavy (non-hydrogen) atoms. The lowest BCUT2D eigenvalue weighted by Crippen LogP contribution is -2.52. The molecule has 2 heterocycles. The fraction of sp³-hybridized carbons (Fsp3) is 0.286. The number of nitrogens with zero attached hydrogens (tertiary/aromatic N) is 2. The summed E-state index contributed by atoms with van der Waals surface area (Å²) in [5.74, 6) is -0.727. The van der Waals surface area contributed by atoms with Crippen LogP contribution in [0.3, 0.4) is 0 Å². The van der Waals surface area contributed by atoms with Crippen molar-refractivity contribution in [1.29, 1.82) is 0 Å². The quantitative estimate of drug-likeness (QED) is 0.866. The van der Waals surface area contributed by atoms with Crippen molar-refractivity contribution in [3.8, 4) is 0 Å². The number of hydrogen-bond donors (Lipinski definition) is 2. The maximum Gasteiger partial charge on any atom is 0.270 e. The SMILES string of the molecule is CC1(c2cc(Br)ccc2F)Cn2nc(CO)cc2C(=O)N1. The van der Waals surface area contributed by atoms with E-state index in [9.17, 15) is 9.18 Å². The largest absolute Gasteiger partial charge is 0.390 e. The van der Waals surface area contributed by atoms with Crippen LogP contribution >= 0.6 is 15.9 Å². The molecule has 7 heteroatoms. The highest BCUT2D eigenvalue weighted by molar-refractivity contribution is 9.10. The molecule has 1 amide bonds. The maximum absolute atomic E-state index is 14.1. The van der Waals surface area contributed by atoms with Crippen molar-refractivity contribution in [3.63, 3.8) is 0 Å². The van der Waals surface area contributed by atoms with Crippen molar-refractivity contribution in [2.75, 3.05) is 0 Å². The van der Waals surface area contributed by atoms with E-state index in [-0.39, 0.29) is 18.3 Å². The average molecular weight is 354 g/mol. The molecule has 2 aromatic rings. The lowest BCUT2D eigenvalue weighted by Gasteiger charge is -2.35. The van der Waals surface area contributed by atoms with Crippen LogP contribution < -0.4 is 5.32 Å². The molecule has 1 atom stereocenters. The molecular formula is C14H13BrFN3O2. The van der Waals surface area contributed by atoms with Crippen molar-refractivity contribution < 1.29 is 14.3 Å². The number of carbonyl (C=O) groups excluding carboxylic acids is 1. The Labute approximate surface area is 128 Å². The summed E-state index contributed by atoms with van der Waals surface area (Å²) in [5, 5.41) is 16.1. The third-order valence-electron chi connectivity index (χ3n) is 3.60. The molecule has 0 saturated carbocycles. The topological polar surface area (TPSA) is 67.1 Å². The molecule has 0 saturated heterocycles. The Morgan fingerprint density at radius 3 is 3.00 bits per heavy atom. The van der Waals surface area contributed by atoms with Gasteiger partial charge in [-0.2, -0.15) is 5.10 Å². The lowest BCUT2D eigenvalue weighted by atomic mass is 9.89. The number of aliphatic hydroxyl groups is 1. The summed E-state index contributed by atoms with van der Waals surface area (Å²) in [4.78, 5) is 12.2. The molecule has 1 aliphatic heterocycles. The molecule has 0 fully saturated rings. The molecule has 0 radical (unpaired) electrons. The molecule has 0 aliphatic carbocycles. The first-order valence-electron chi connectivity index (χ1n) is 6.38. The molecule has 110 valence electrons. The van der Waals surface area contributed by atoms with E-state index in [2.05, 4.69) is 26.3 Å². The van der Waals surface area contributed by atoms with Crippen molar-refractivity contribution in [2.45, 2.75) is 25.6 Å². The number of halogens is 2. The van der Waals surface area contributed by atoms with Gasteiger partial charge in [0.05, 0.1) is 24.4 Å². The highest BCUT2D eigenvalue weighted by Gasteiger charge is 2.38. The number of hydrogen-bond acceptors (Lipinski definition) is 3. The Morgan fingerprint density at radius 1 is 1.52 bits per heavy atom. The Kier molecular flexibility index (Phi) is 3.33. The van der Waals surface area contributed by atoms with Gasteiger partial charge in [-0.1, -0.05) is 15.9 Å². The van der Waals surface area contributed by atoms with Crippen LogP contribution in [0.15, 0.2) is 28.7 Å². The number of benzene rings is 1. The first kappa shape index (κ1) is 14.2. The number of fused-ring (bicyclic) bond motifs is 1. The minimum absolute atomic E-state index is 0.241. The predicted octanol–water partition coefficient (Wildman–Crippen LogP) is 1.94. The van der Waals surface area contributed by atoms with E-state index < -0.39 is 5.54 Å². The molecule has 2 N–H and O–H groups in total. The van der Waals surface area contributed by atoms with Gasteiger partial charge in [0.15, 0.2) is 0 Å². The number of carbonyl (C=O) groups is 1. The zero-order chi connectivity index (χ0) is 15.2. The van der Waals surface area contributed by atoms with Gasteiger partial charge in [-0.15, -0.1) is 0 Å². The molecule has 5 nitrogen and oxygen atoms in total. The van der Waals surface area contributed by atoms with Crippen LogP contribution in [0.2, 0.25) is 0 Å². The summed E-state index contributed by atoms with van der Waals surface area (Å²) in [5.41, 5.74) is 0.263. The summed E-state index contributed by atoms with van der Waals surface area (Å²) < 4.78 is 16.4. The van der Waals surface area contributed by atoms with Gasteiger partial charge in [-0.3, -0.25) is 9.48 Å². The minimum Gasteiger partial charge on any atom is -0.390 e. The van der Waals surface area contributed by atoms with E-state index in [0.717, 1.165) is 4.47 Å². The van der Waals surface area contributed by atoms with Gasteiger partial charge >= 0.3 is 0 Å². The van der Waals surface area contributed by atoms with Gasteiger partial charge in [0.2, 0.25) is 0 Å². The molecule has 1 aromatic carbocycles. The van der Waals surface area contributed by atoms with E-state index in [1.165, 1.54) is 16.8 Å². The monoisotopic (exact) mass is 353 g/mol. The average Bonchev–Trinajstić information content (AvgIpc) is 2.84. The first-order chi connectivity index (χ1) is 9.93. The lowest BCUT2D eigenvalue weighted by molar-refractivity contribution is 0.0836. The van der Waals surface area contributed by atoms with Crippen LogP contribution in [0.5, 0.6) is 0 Å². The van der Waals surface area contributed by atoms with Gasteiger partial charge in [-0.25, -0.2) is 4.39 Å². The maximum atomic E-state index is 14.1. The number of nitrogens with one attached hydrogen (secondary N) is 1. The van der Waals surface area contributed by atoms with Crippen LogP contribution in [0, 0.1) is 5.82 Å². The van der Waals surface area contributed by atoms with Gasteiger partial charge in [0, 0.05) is 10.0 Å². The molecule has 1 aliphatic rings. The standard InChI is InChI=1S/C14H13BrFN3O2/c1-14(10-4-8(15)2-3-11(10)16)7-19-12(13(21)17-14)5-9(6-20)18-19/h2-5,20H,6-7H2,1H3,(H,17,21).